The number of nitrogens with zero attached hydrogens (tertiary/aromatic N) is 1. The molecule has 3 rings (SSSR count). The highest BCUT2D eigenvalue weighted by Crippen LogP contribution is 2.37. The maximum Gasteiger partial charge on any atom is 0.222 e. The van der Waals surface area contributed by atoms with Crippen LogP contribution in [-0.2, 0) is 10.2 Å². The molecule has 1 aliphatic carbocycles. The van der Waals surface area contributed by atoms with E-state index in [9.17, 15) is 4.79 Å². The van der Waals surface area contributed by atoms with Gasteiger partial charge in [0.15, 0.2) is 0 Å². The van der Waals surface area contributed by atoms with E-state index in [0.29, 0.717) is 18.4 Å². The Kier molecular flexibility index (Phi) is 2.89. The minimum absolute atomic E-state index is 0.144. The van der Waals surface area contributed by atoms with Gasteiger partial charge in [-0.2, -0.15) is 0 Å². The van der Waals surface area contributed by atoms with Crippen LogP contribution in [0.3, 0.4) is 0 Å². The number of hydrogen-bond acceptors (Lipinski definition) is 1. The smallest absolute Gasteiger partial charge is 0.222 e. The van der Waals surface area contributed by atoms with Crippen LogP contribution in [0.5, 0.6) is 0 Å². The van der Waals surface area contributed by atoms with Gasteiger partial charge < -0.3 is 4.90 Å². The molecule has 0 aromatic heterocycles. The zero-order valence-corrected chi connectivity index (χ0v) is 11.1. The lowest BCUT2D eigenvalue weighted by molar-refractivity contribution is -0.140. The van der Waals surface area contributed by atoms with Gasteiger partial charge in [-0.15, -0.1) is 0 Å². The molecule has 0 spiro atoms. The van der Waals surface area contributed by atoms with E-state index in [-0.39, 0.29) is 5.41 Å². The average molecular weight is 243 g/mol. The molecule has 0 unspecified atom stereocenters. The summed E-state index contributed by atoms with van der Waals surface area (Å²) in [5, 5.41) is 0. The van der Waals surface area contributed by atoms with Crippen molar-refractivity contribution < 1.29 is 4.79 Å². The van der Waals surface area contributed by atoms with Crippen LogP contribution in [0.15, 0.2) is 30.3 Å². The zero-order chi connectivity index (χ0) is 12.6. The van der Waals surface area contributed by atoms with Gasteiger partial charge in [0, 0.05) is 24.4 Å². The fourth-order valence-corrected chi connectivity index (χ4v) is 3.18. The minimum Gasteiger partial charge on any atom is -0.339 e. The van der Waals surface area contributed by atoms with Gasteiger partial charge in [-0.3, -0.25) is 4.79 Å². The fourth-order valence-electron chi connectivity index (χ4n) is 3.18. The van der Waals surface area contributed by atoms with Crippen LogP contribution in [0.1, 0.15) is 44.6 Å². The van der Waals surface area contributed by atoms with Crippen LogP contribution in [0.4, 0.5) is 0 Å². The quantitative estimate of drug-likeness (QED) is 0.781. The molecule has 2 nitrogen and oxygen atoms in total. The lowest BCUT2D eigenvalue weighted by Gasteiger charge is -2.47. The Hall–Kier alpha value is -1.31. The third kappa shape index (κ3) is 1.94. The van der Waals surface area contributed by atoms with Gasteiger partial charge in [0.05, 0.1) is 0 Å². The number of benzene rings is 1. The SMILES string of the molecule is C[C@@]1(c2ccccc2)CCC(=O)N(C2CCC2)C1. The molecule has 2 heteroatoms. The summed E-state index contributed by atoms with van der Waals surface area (Å²) in [5.74, 6) is 0.369. The van der Waals surface area contributed by atoms with Gasteiger partial charge in [0.2, 0.25) is 5.91 Å². The molecule has 1 amide bonds. The summed E-state index contributed by atoms with van der Waals surface area (Å²) >= 11 is 0. The molecule has 1 saturated carbocycles. The van der Waals surface area contributed by atoms with E-state index in [1.165, 1.54) is 24.8 Å². The Morgan fingerprint density at radius 1 is 1.22 bits per heavy atom. The van der Waals surface area contributed by atoms with Crippen molar-refractivity contribution >= 4 is 5.91 Å². The van der Waals surface area contributed by atoms with Crippen LogP contribution in [0.25, 0.3) is 0 Å². The highest BCUT2D eigenvalue weighted by Gasteiger charge is 2.40. The van der Waals surface area contributed by atoms with Crippen molar-refractivity contribution in [2.75, 3.05) is 6.54 Å². The molecule has 1 heterocycles. The largest absolute Gasteiger partial charge is 0.339 e. The maximum atomic E-state index is 12.1. The lowest BCUT2D eigenvalue weighted by Crippen LogP contribution is -2.53. The van der Waals surface area contributed by atoms with Crippen molar-refractivity contribution in [3.8, 4) is 0 Å². The van der Waals surface area contributed by atoms with E-state index in [4.69, 9.17) is 0 Å². The summed E-state index contributed by atoms with van der Waals surface area (Å²) in [7, 11) is 0. The second-order valence-corrected chi connectivity index (χ2v) is 6.03. The monoisotopic (exact) mass is 243 g/mol. The molecule has 0 N–H and O–H groups in total. The Bertz CT molecular complexity index is 438. The minimum atomic E-state index is 0.144. The summed E-state index contributed by atoms with van der Waals surface area (Å²) in [6.07, 6.45) is 5.39. The van der Waals surface area contributed by atoms with Crippen molar-refractivity contribution in [3.05, 3.63) is 35.9 Å². The number of hydrogen-bond donors (Lipinski definition) is 0. The van der Waals surface area contributed by atoms with Crippen LogP contribution in [0.2, 0.25) is 0 Å². The molecule has 2 fully saturated rings. The number of amides is 1. The van der Waals surface area contributed by atoms with Gasteiger partial charge in [-0.05, 0) is 31.2 Å². The van der Waals surface area contributed by atoms with Crippen LogP contribution < -0.4 is 0 Å². The van der Waals surface area contributed by atoms with Crippen molar-refractivity contribution in [1.82, 2.24) is 4.90 Å². The number of piperidine rings is 1. The first-order valence-corrected chi connectivity index (χ1v) is 7.04. The zero-order valence-electron chi connectivity index (χ0n) is 11.1. The average Bonchev–Trinajstić information content (AvgIpc) is 2.33. The summed E-state index contributed by atoms with van der Waals surface area (Å²) in [5.41, 5.74) is 1.52. The molecule has 1 saturated heterocycles. The summed E-state index contributed by atoms with van der Waals surface area (Å²) in [6, 6.07) is 11.2. The van der Waals surface area contributed by atoms with E-state index in [2.05, 4.69) is 42.2 Å². The third-order valence-corrected chi connectivity index (χ3v) is 4.72. The van der Waals surface area contributed by atoms with Crippen LogP contribution in [-0.4, -0.2) is 23.4 Å². The van der Waals surface area contributed by atoms with E-state index in [1.54, 1.807) is 0 Å². The summed E-state index contributed by atoms with van der Waals surface area (Å²) in [4.78, 5) is 14.2. The normalized spacial score (nSPS) is 29.2. The Labute approximate surface area is 109 Å². The second-order valence-electron chi connectivity index (χ2n) is 6.03. The second kappa shape index (κ2) is 4.42. The van der Waals surface area contributed by atoms with E-state index < -0.39 is 0 Å². The van der Waals surface area contributed by atoms with Crippen LogP contribution >= 0.6 is 0 Å². The van der Waals surface area contributed by atoms with Gasteiger partial charge in [0.1, 0.15) is 0 Å². The molecular formula is C16H21NO. The number of likely N-dealkylation sites (tertiary alicyclic amines) is 1. The molecule has 96 valence electrons. The van der Waals surface area contributed by atoms with Crippen LogP contribution in [0, 0.1) is 0 Å². The summed E-state index contributed by atoms with van der Waals surface area (Å²) < 4.78 is 0. The van der Waals surface area contributed by atoms with Crippen molar-refractivity contribution in [2.45, 2.75) is 50.5 Å². The van der Waals surface area contributed by atoms with Crippen molar-refractivity contribution in [2.24, 2.45) is 0 Å². The third-order valence-electron chi connectivity index (χ3n) is 4.72. The molecule has 1 atom stereocenters. The molecule has 1 aromatic rings. The fraction of sp³-hybridized carbons (Fsp3) is 0.562. The van der Waals surface area contributed by atoms with E-state index in [1.807, 2.05) is 0 Å². The van der Waals surface area contributed by atoms with Gasteiger partial charge in [0.25, 0.3) is 0 Å². The van der Waals surface area contributed by atoms with Crippen molar-refractivity contribution in [3.63, 3.8) is 0 Å². The summed E-state index contributed by atoms with van der Waals surface area (Å²) in [6.45, 7) is 3.21. The standard InChI is InChI=1S/C16H21NO/c1-16(13-6-3-2-4-7-13)11-10-15(18)17(12-16)14-8-5-9-14/h2-4,6-7,14H,5,8-12H2,1H3/t16-/m1/s1. The molecule has 1 aliphatic heterocycles. The van der Waals surface area contributed by atoms with Gasteiger partial charge >= 0.3 is 0 Å². The van der Waals surface area contributed by atoms with Gasteiger partial charge in [-0.1, -0.05) is 37.3 Å². The number of carbonyl (C=O) groups excluding carboxylic acids is 1. The first-order chi connectivity index (χ1) is 8.69. The van der Waals surface area contributed by atoms with Gasteiger partial charge in [-0.25, -0.2) is 0 Å². The first kappa shape index (κ1) is 11.8. The predicted molar refractivity (Wildman–Crippen MR) is 72.4 cm³/mol. The molecule has 2 aliphatic rings. The Balaban J connectivity index is 1.83. The topological polar surface area (TPSA) is 20.3 Å². The molecule has 1 aromatic carbocycles. The molecular weight excluding hydrogens is 222 g/mol. The molecule has 18 heavy (non-hydrogen) atoms. The first-order valence-electron chi connectivity index (χ1n) is 7.04. The number of rotatable bonds is 2. The Morgan fingerprint density at radius 3 is 2.56 bits per heavy atom. The highest BCUT2D eigenvalue weighted by molar-refractivity contribution is 5.78. The molecule has 0 radical (unpaired) electrons. The Morgan fingerprint density at radius 2 is 1.94 bits per heavy atom. The maximum absolute atomic E-state index is 12.1. The highest BCUT2D eigenvalue weighted by atomic mass is 16.2. The van der Waals surface area contributed by atoms with E-state index in [0.717, 1.165) is 13.0 Å². The van der Waals surface area contributed by atoms with Crippen molar-refractivity contribution in [1.29, 1.82) is 0 Å². The lowest BCUT2D eigenvalue weighted by atomic mass is 9.74. The molecule has 0 bridgehead atoms. The predicted octanol–water partition coefficient (Wildman–Crippen LogP) is 3.12. The number of carbonyl (C=O) groups is 1. The van der Waals surface area contributed by atoms with E-state index >= 15 is 0 Å².